The average molecular weight is 242 g/mol. The van der Waals surface area contributed by atoms with E-state index in [0.717, 1.165) is 0 Å². The lowest BCUT2D eigenvalue weighted by Crippen LogP contribution is -2.11. The van der Waals surface area contributed by atoms with Gasteiger partial charge in [-0.15, -0.1) is 11.8 Å². The molecule has 0 saturated heterocycles. The lowest BCUT2D eigenvalue weighted by atomic mass is 10.3. The number of hydrogen-bond acceptors (Lipinski definition) is 6. The van der Waals surface area contributed by atoms with Gasteiger partial charge in [0.15, 0.2) is 0 Å². The van der Waals surface area contributed by atoms with Gasteiger partial charge in [0, 0.05) is 10.8 Å². The maximum absolute atomic E-state index is 10.7. The first-order valence-electron chi connectivity index (χ1n) is 4.64. The molecule has 0 radical (unpaired) electrons. The summed E-state index contributed by atoms with van der Waals surface area (Å²) in [7, 11) is 0. The van der Waals surface area contributed by atoms with E-state index >= 15 is 0 Å². The number of nitrogens with zero attached hydrogens (tertiary/aromatic N) is 2. The van der Waals surface area contributed by atoms with Gasteiger partial charge in [-0.05, 0) is 0 Å². The molecule has 1 rings (SSSR count). The molecule has 3 N–H and O–H groups in total. The molecule has 1 heterocycles. The molecule has 0 atom stereocenters. The van der Waals surface area contributed by atoms with Crippen molar-refractivity contribution in [3.63, 3.8) is 0 Å². The molecule has 0 aliphatic heterocycles. The van der Waals surface area contributed by atoms with E-state index in [4.69, 9.17) is 5.84 Å². The average Bonchev–Trinajstić information content (AvgIpc) is 2.14. The number of hydrazine groups is 1. The van der Waals surface area contributed by atoms with Gasteiger partial charge in [0.05, 0.1) is 11.0 Å². The molecule has 0 aromatic carbocycles. The maximum Gasteiger partial charge on any atom is 0.275 e. The summed E-state index contributed by atoms with van der Waals surface area (Å²) in [6.07, 6.45) is 0. The minimum Gasteiger partial charge on any atom is -0.308 e. The van der Waals surface area contributed by atoms with E-state index < -0.39 is 4.92 Å². The second kappa shape index (κ2) is 4.67. The van der Waals surface area contributed by atoms with Crippen LogP contribution < -0.4 is 11.3 Å². The quantitative estimate of drug-likeness (QED) is 0.365. The third kappa shape index (κ3) is 3.67. The number of aromatic nitrogens is 1. The van der Waals surface area contributed by atoms with Gasteiger partial charge in [0.2, 0.25) is 0 Å². The van der Waals surface area contributed by atoms with Crippen molar-refractivity contribution in [2.75, 3.05) is 5.43 Å². The van der Waals surface area contributed by atoms with Crippen LogP contribution in [0, 0.1) is 10.1 Å². The minimum atomic E-state index is -0.463. The van der Waals surface area contributed by atoms with Gasteiger partial charge in [0.25, 0.3) is 5.69 Å². The predicted molar refractivity (Wildman–Crippen MR) is 64.3 cm³/mol. The smallest absolute Gasteiger partial charge is 0.275 e. The van der Waals surface area contributed by atoms with Crippen LogP contribution in [0.4, 0.5) is 11.5 Å². The number of nitrogens with two attached hydrogens (primary N) is 1. The van der Waals surface area contributed by atoms with Crippen molar-refractivity contribution >= 4 is 23.3 Å². The fourth-order valence-electron chi connectivity index (χ4n) is 1.04. The normalized spacial score (nSPS) is 11.2. The van der Waals surface area contributed by atoms with Gasteiger partial charge in [-0.3, -0.25) is 10.1 Å². The van der Waals surface area contributed by atoms with Crippen LogP contribution >= 0.6 is 11.8 Å². The minimum absolute atomic E-state index is 0.0188. The van der Waals surface area contributed by atoms with Crippen LogP contribution in [0.1, 0.15) is 20.8 Å². The predicted octanol–water partition coefficient (Wildman–Crippen LogP) is 2.17. The van der Waals surface area contributed by atoms with E-state index in [1.807, 2.05) is 20.8 Å². The summed E-state index contributed by atoms with van der Waals surface area (Å²) in [4.78, 5) is 14.4. The van der Waals surface area contributed by atoms with Crippen LogP contribution in [0.2, 0.25) is 0 Å². The number of hydrogen-bond donors (Lipinski definition) is 2. The largest absolute Gasteiger partial charge is 0.308 e. The first kappa shape index (κ1) is 12.7. The topological polar surface area (TPSA) is 94.1 Å². The summed E-state index contributed by atoms with van der Waals surface area (Å²) in [5, 5.41) is 11.3. The summed E-state index contributed by atoms with van der Waals surface area (Å²) in [6, 6.07) is 2.74. The fraction of sp³-hybridized carbons (Fsp3) is 0.444. The lowest BCUT2D eigenvalue weighted by molar-refractivity contribution is -0.385. The molecule has 0 fully saturated rings. The summed E-state index contributed by atoms with van der Waals surface area (Å²) >= 11 is 1.45. The molecular weight excluding hydrogens is 228 g/mol. The van der Waals surface area contributed by atoms with E-state index in [-0.39, 0.29) is 10.4 Å². The molecule has 7 heteroatoms. The second-order valence-corrected chi connectivity index (χ2v) is 6.01. The Hall–Kier alpha value is -1.34. The summed E-state index contributed by atoms with van der Waals surface area (Å²) < 4.78 is -0.0614. The van der Waals surface area contributed by atoms with Crippen molar-refractivity contribution < 1.29 is 4.92 Å². The maximum atomic E-state index is 10.7. The highest BCUT2D eigenvalue weighted by Crippen LogP contribution is 2.33. The van der Waals surface area contributed by atoms with Crippen molar-refractivity contribution in [1.29, 1.82) is 0 Å². The lowest BCUT2D eigenvalue weighted by Gasteiger charge is -2.16. The van der Waals surface area contributed by atoms with E-state index in [1.54, 1.807) is 0 Å². The zero-order chi connectivity index (χ0) is 12.3. The van der Waals surface area contributed by atoms with Crippen LogP contribution in [0.3, 0.4) is 0 Å². The van der Waals surface area contributed by atoms with Gasteiger partial charge in [-0.25, -0.2) is 10.8 Å². The zero-order valence-electron chi connectivity index (χ0n) is 9.35. The molecule has 0 aliphatic carbocycles. The standard InChI is InChI=1S/C9H14N4O2S/c1-9(2,3)16-8-5-6(13(14)15)4-7(11-8)12-10/h4-5H,10H2,1-3H3,(H,11,12). The number of nitrogens with one attached hydrogen (secondary N) is 1. The molecule has 88 valence electrons. The van der Waals surface area contributed by atoms with Crippen LogP contribution in [0.25, 0.3) is 0 Å². The Balaban J connectivity index is 3.09. The molecule has 16 heavy (non-hydrogen) atoms. The monoisotopic (exact) mass is 242 g/mol. The van der Waals surface area contributed by atoms with Crippen LogP contribution in [-0.4, -0.2) is 14.7 Å². The summed E-state index contributed by atoms with van der Waals surface area (Å²) in [5.41, 5.74) is 2.30. The molecule has 0 spiro atoms. The zero-order valence-corrected chi connectivity index (χ0v) is 10.2. The molecule has 0 saturated carbocycles. The van der Waals surface area contributed by atoms with E-state index in [9.17, 15) is 10.1 Å². The van der Waals surface area contributed by atoms with Gasteiger partial charge >= 0.3 is 0 Å². The van der Waals surface area contributed by atoms with E-state index in [2.05, 4.69) is 10.4 Å². The number of anilines is 1. The van der Waals surface area contributed by atoms with E-state index in [0.29, 0.717) is 10.8 Å². The first-order chi connectivity index (χ1) is 7.31. The Morgan fingerprint density at radius 3 is 2.56 bits per heavy atom. The Kier molecular flexibility index (Phi) is 3.71. The Bertz CT molecular complexity index is 403. The van der Waals surface area contributed by atoms with Gasteiger partial charge in [-0.2, -0.15) is 0 Å². The van der Waals surface area contributed by atoms with Crippen molar-refractivity contribution in [2.24, 2.45) is 5.84 Å². The molecule has 0 amide bonds. The number of pyridine rings is 1. The summed E-state index contributed by atoms with van der Waals surface area (Å²) in [6.45, 7) is 6.02. The highest BCUT2D eigenvalue weighted by Gasteiger charge is 2.17. The fourth-order valence-corrected chi connectivity index (χ4v) is 1.99. The van der Waals surface area contributed by atoms with Crippen LogP contribution in [0.5, 0.6) is 0 Å². The van der Waals surface area contributed by atoms with Crippen LogP contribution in [-0.2, 0) is 0 Å². The Morgan fingerprint density at radius 1 is 1.50 bits per heavy atom. The number of thioether (sulfide) groups is 1. The number of nitro groups is 1. The summed E-state index contributed by atoms with van der Waals surface area (Å²) in [5.74, 6) is 5.50. The van der Waals surface area contributed by atoms with Gasteiger partial charge in [-0.1, -0.05) is 20.8 Å². The van der Waals surface area contributed by atoms with Crippen LogP contribution in [0.15, 0.2) is 17.2 Å². The van der Waals surface area contributed by atoms with Gasteiger partial charge in [0.1, 0.15) is 10.8 Å². The SMILES string of the molecule is CC(C)(C)Sc1cc([N+](=O)[O-])cc(NN)n1. The molecule has 1 aromatic rings. The van der Waals surface area contributed by atoms with Crippen molar-refractivity contribution in [1.82, 2.24) is 4.98 Å². The Morgan fingerprint density at radius 2 is 2.12 bits per heavy atom. The molecule has 1 aromatic heterocycles. The van der Waals surface area contributed by atoms with Crippen molar-refractivity contribution in [2.45, 2.75) is 30.5 Å². The van der Waals surface area contributed by atoms with E-state index in [1.165, 1.54) is 23.9 Å². The first-order valence-corrected chi connectivity index (χ1v) is 5.45. The molecule has 0 unspecified atom stereocenters. The highest BCUT2D eigenvalue weighted by molar-refractivity contribution is 8.00. The van der Waals surface area contributed by atoms with Gasteiger partial charge < -0.3 is 5.43 Å². The van der Waals surface area contributed by atoms with Crippen molar-refractivity contribution in [3.05, 3.63) is 22.2 Å². The Labute approximate surface area is 97.7 Å². The highest BCUT2D eigenvalue weighted by atomic mass is 32.2. The molecule has 0 aliphatic rings. The third-order valence-corrected chi connectivity index (χ3v) is 2.59. The number of rotatable bonds is 3. The molecule has 0 bridgehead atoms. The number of nitrogen functional groups attached to an aromatic ring is 1. The third-order valence-electron chi connectivity index (χ3n) is 1.56. The second-order valence-electron chi connectivity index (χ2n) is 4.16. The van der Waals surface area contributed by atoms with Crippen molar-refractivity contribution in [3.8, 4) is 0 Å². The molecular formula is C9H14N4O2S. The molecule has 6 nitrogen and oxygen atoms in total.